The van der Waals surface area contributed by atoms with E-state index in [1.54, 1.807) is 23.3 Å². The third-order valence-electron chi connectivity index (χ3n) is 4.88. The average Bonchev–Trinajstić information content (AvgIpc) is 3.23. The summed E-state index contributed by atoms with van der Waals surface area (Å²) < 4.78 is 0. The van der Waals surface area contributed by atoms with Gasteiger partial charge in [-0.1, -0.05) is 18.2 Å². The maximum atomic E-state index is 11.8. The van der Waals surface area contributed by atoms with Crippen LogP contribution in [0, 0.1) is 6.92 Å². The van der Waals surface area contributed by atoms with E-state index >= 15 is 0 Å². The number of hydrogen-bond acceptors (Lipinski definition) is 5. The Morgan fingerprint density at radius 1 is 1.22 bits per heavy atom. The Hall–Kier alpha value is -2.67. The molecule has 3 rings (SSSR count). The minimum Gasteiger partial charge on any atom is -0.367 e. The van der Waals surface area contributed by atoms with E-state index in [0.717, 1.165) is 28.1 Å². The zero-order valence-electron chi connectivity index (χ0n) is 15.5. The van der Waals surface area contributed by atoms with Gasteiger partial charge in [0, 0.05) is 30.5 Å². The fraction of sp³-hybridized carbons (Fsp3) is 0.350. The molecular weight excluding hydrogens is 362 g/mol. The van der Waals surface area contributed by atoms with Crippen LogP contribution >= 0.6 is 11.3 Å². The summed E-state index contributed by atoms with van der Waals surface area (Å²) in [4.78, 5) is 39.2. The Morgan fingerprint density at radius 3 is 2.56 bits per heavy atom. The number of hydrogen-bond donors (Lipinski definition) is 1. The number of imide groups is 1. The Bertz CT molecular complexity index is 833. The van der Waals surface area contributed by atoms with E-state index in [9.17, 15) is 14.4 Å². The van der Waals surface area contributed by atoms with Crippen molar-refractivity contribution >= 4 is 35.2 Å². The molecule has 1 aliphatic rings. The monoisotopic (exact) mass is 385 g/mol. The lowest BCUT2D eigenvalue weighted by Gasteiger charge is -2.26. The van der Waals surface area contributed by atoms with Gasteiger partial charge in [0.25, 0.3) is 0 Å². The highest BCUT2D eigenvalue weighted by Crippen LogP contribution is 2.32. The van der Waals surface area contributed by atoms with E-state index in [0.29, 0.717) is 6.42 Å². The second-order valence-corrected chi connectivity index (χ2v) is 7.61. The predicted molar refractivity (Wildman–Crippen MR) is 105 cm³/mol. The molecule has 142 valence electrons. The first kappa shape index (κ1) is 19.1. The van der Waals surface area contributed by atoms with Crippen LogP contribution in [0.1, 0.15) is 34.9 Å². The number of nitrogens with one attached hydrogen (secondary N) is 1. The molecule has 1 fully saturated rings. The third kappa shape index (κ3) is 4.19. The fourth-order valence-corrected chi connectivity index (χ4v) is 4.34. The number of likely N-dealkylation sites (tertiary alicyclic amines) is 1. The molecule has 2 heterocycles. The molecule has 0 aliphatic carbocycles. The molecule has 7 heteroatoms. The third-order valence-corrected chi connectivity index (χ3v) is 6.00. The van der Waals surface area contributed by atoms with Gasteiger partial charge >= 0.3 is 0 Å². The number of thiophene rings is 1. The topological polar surface area (TPSA) is 69.7 Å². The second-order valence-electron chi connectivity index (χ2n) is 6.67. The van der Waals surface area contributed by atoms with Gasteiger partial charge in [0.2, 0.25) is 18.2 Å². The normalized spacial score (nSPS) is 15.1. The Labute approximate surface area is 162 Å². The summed E-state index contributed by atoms with van der Waals surface area (Å²) in [7, 11) is 1.79. The van der Waals surface area contributed by atoms with Crippen LogP contribution in [0.3, 0.4) is 0 Å². The van der Waals surface area contributed by atoms with E-state index in [2.05, 4.69) is 11.4 Å². The van der Waals surface area contributed by atoms with Crippen molar-refractivity contribution in [3.05, 3.63) is 51.7 Å². The minimum absolute atomic E-state index is 0.0690. The van der Waals surface area contributed by atoms with Gasteiger partial charge in [0.1, 0.15) is 0 Å². The van der Waals surface area contributed by atoms with E-state index in [4.69, 9.17) is 0 Å². The Balaban J connectivity index is 1.80. The van der Waals surface area contributed by atoms with Gasteiger partial charge in [-0.3, -0.25) is 19.3 Å². The molecule has 0 radical (unpaired) electrons. The summed E-state index contributed by atoms with van der Waals surface area (Å²) in [6, 6.07) is 9.78. The highest BCUT2D eigenvalue weighted by atomic mass is 32.1. The molecule has 1 unspecified atom stereocenters. The summed E-state index contributed by atoms with van der Waals surface area (Å²) in [6.07, 6.45) is 2.06. The SMILES string of the molecule is Cc1ccsc1C(Cc1ccccc1NCN1C(=O)CCC1=O)N(C)C=O. The van der Waals surface area contributed by atoms with Crippen molar-refractivity contribution in [3.8, 4) is 0 Å². The number of nitrogens with zero attached hydrogens (tertiary/aromatic N) is 2. The quantitative estimate of drug-likeness (QED) is 0.560. The molecule has 2 aromatic rings. The molecule has 27 heavy (non-hydrogen) atoms. The molecule has 1 saturated heterocycles. The van der Waals surface area contributed by atoms with Crippen LogP contribution in [-0.4, -0.2) is 41.7 Å². The number of anilines is 1. The van der Waals surface area contributed by atoms with Crippen LogP contribution in [0.2, 0.25) is 0 Å². The van der Waals surface area contributed by atoms with E-state index in [1.165, 1.54) is 4.90 Å². The maximum Gasteiger partial charge on any atom is 0.231 e. The van der Waals surface area contributed by atoms with E-state index in [1.807, 2.05) is 36.6 Å². The number of aryl methyl sites for hydroxylation is 1. The van der Waals surface area contributed by atoms with Crippen molar-refractivity contribution in [2.45, 2.75) is 32.2 Å². The standard InChI is InChI=1S/C20H23N3O3S/c1-14-9-10-27-20(14)17(22(2)13-24)11-15-5-3-4-6-16(15)21-12-23-18(25)7-8-19(23)26/h3-6,9-10,13,17,21H,7-8,11-12H2,1-2H3. The number of carbonyl (C=O) groups is 3. The van der Waals surface area contributed by atoms with Gasteiger partial charge < -0.3 is 10.2 Å². The van der Waals surface area contributed by atoms with Crippen LogP contribution in [0.4, 0.5) is 5.69 Å². The summed E-state index contributed by atoms with van der Waals surface area (Å²) in [5.74, 6) is -0.282. The Morgan fingerprint density at radius 2 is 1.93 bits per heavy atom. The molecule has 0 spiro atoms. The first-order valence-corrected chi connectivity index (χ1v) is 9.75. The summed E-state index contributed by atoms with van der Waals surface area (Å²) in [5, 5.41) is 5.25. The van der Waals surface area contributed by atoms with E-state index < -0.39 is 0 Å². The number of amides is 3. The van der Waals surface area contributed by atoms with Gasteiger partial charge in [-0.15, -0.1) is 11.3 Å². The number of carbonyl (C=O) groups excluding carboxylic acids is 3. The number of rotatable bonds is 8. The van der Waals surface area contributed by atoms with E-state index in [-0.39, 0.29) is 37.4 Å². The van der Waals surface area contributed by atoms with Crippen LogP contribution < -0.4 is 5.32 Å². The van der Waals surface area contributed by atoms with Crippen molar-refractivity contribution in [3.63, 3.8) is 0 Å². The highest BCUT2D eigenvalue weighted by Gasteiger charge is 2.28. The molecular formula is C20H23N3O3S. The van der Waals surface area contributed by atoms with Crippen molar-refractivity contribution in [1.82, 2.24) is 9.80 Å². The molecule has 1 atom stereocenters. The molecule has 1 N–H and O–H groups in total. The maximum absolute atomic E-state index is 11.8. The lowest BCUT2D eigenvalue weighted by molar-refractivity contribution is -0.137. The summed E-state index contributed by atoms with van der Waals surface area (Å²) in [6.45, 7) is 2.22. The Kier molecular flexibility index (Phi) is 5.91. The number of likely N-dealkylation sites (N-methyl/N-ethyl adjacent to an activating group) is 1. The lowest BCUT2D eigenvalue weighted by Crippen LogP contribution is -2.34. The first-order valence-electron chi connectivity index (χ1n) is 8.87. The van der Waals surface area contributed by atoms with Crippen LogP contribution in [0.25, 0.3) is 0 Å². The van der Waals surface area contributed by atoms with Crippen molar-refractivity contribution in [2.24, 2.45) is 0 Å². The zero-order chi connectivity index (χ0) is 19.4. The number of para-hydroxylation sites is 1. The van der Waals surface area contributed by atoms with Crippen molar-refractivity contribution < 1.29 is 14.4 Å². The van der Waals surface area contributed by atoms with Crippen LogP contribution in [0.5, 0.6) is 0 Å². The predicted octanol–water partition coefficient (Wildman–Crippen LogP) is 2.95. The van der Waals surface area contributed by atoms with Crippen LogP contribution in [-0.2, 0) is 20.8 Å². The van der Waals surface area contributed by atoms with Gasteiger partial charge in [-0.05, 0) is 42.0 Å². The molecule has 1 aliphatic heterocycles. The fourth-order valence-electron chi connectivity index (χ4n) is 3.26. The molecule has 1 aromatic carbocycles. The van der Waals surface area contributed by atoms with Gasteiger partial charge in [-0.25, -0.2) is 0 Å². The molecule has 0 saturated carbocycles. The first-order chi connectivity index (χ1) is 13.0. The zero-order valence-corrected chi connectivity index (χ0v) is 16.3. The van der Waals surface area contributed by atoms with Crippen molar-refractivity contribution in [2.75, 3.05) is 19.0 Å². The molecule has 3 amide bonds. The second kappa shape index (κ2) is 8.35. The smallest absolute Gasteiger partial charge is 0.231 e. The number of benzene rings is 1. The van der Waals surface area contributed by atoms with Gasteiger partial charge in [0.05, 0.1) is 12.7 Å². The molecule has 1 aromatic heterocycles. The average molecular weight is 385 g/mol. The van der Waals surface area contributed by atoms with Crippen LogP contribution in [0.15, 0.2) is 35.7 Å². The minimum atomic E-state index is -0.141. The van der Waals surface area contributed by atoms with Gasteiger partial charge in [-0.2, -0.15) is 0 Å². The summed E-state index contributed by atoms with van der Waals surface area (Å²) in [5.41, 5.74) is 3.06. The largest absolute Gasteiger partial charge is 0.367 e. The van der Waals surface area contributed by atoms with Gasteiger partial charge in [0.15, 0.2) is 0 Å². The lowest BCUT2D eigenvalue weighted by atomic mass is 10.0. The molecule has 6 nitrogen and oxygen atoms in total. The highest BCUT2D eigenvalue weighted by molar-refractivity contribution is 7.10. The summed E-state index contributed by atoms with van der Waals surface area (Å²) >= 11 is 1.64. The molecule has 0 bridgehead atoms. The van der Waals surface area contributed by atoms with Crippen molar-refractivity contribution in [1.29, 1.82) is 0 Å².